The number of rotatable bonds is 4. The van der Waals surface area contributed by atoms with Gasteiger partial charge in [-0.3, -0.25) is 0 Å². The molecule has 2 nitrogen and oxygen atoms in total. The minimum absolute atomic E-state index is 0.494. The summed E-state index contributed by atoms with van der Waals surface area (Å²) in [5, 5.41) is 7.72. The van der Waals surface area contributed by atoms with E-state index in [1.165, 1.54) is 102 Å². The van der Waals surface area contributed by atoms with Crippen molar-refractivity contribution in [3.05, 3.63) is 241 Å². The highest BCUT2D eigenvalue weighted by atomic mass is 32.2. The molecule has 1 atom stereocenters. The van der Waals surface area contributed by atoms with Gasteiger partial charge in [0.05, 0.1) is 16.4 Å². The molecule has 0 amide bonds. The number of hydrogen-bond acceptors (Lipinski definition) is 3. The van der Waals surface area contributed by atoms with E-state index in [2.05, 4.69) is 228 Å². The molecule has 294 valence electrons. The number of benzene rings is 10. The van der Waals surface area contributed by atoms with Crippen molar-refractivity contribution in [1.82, 2.24) is 4.57 Å². The summed E-state index contributed by atoms with van der Waals surface area (Å²) in [5.41, 5.74) is 14.4. The predicted octanol–water partition coefficient (Wildman–Crippen LogP) is 16.6. The first-order valence-electron chi connectivity index (χ1n) is 21.6. The van der Waals surface area contributed by atoms with Crippen LogP contribution in [0.4, 0.5) is 17.1 Å². The Morgan fingerprint density at radius 3 is 1.97 bits per heavy atom. The summed E-state index contributed by atoms with van der Waals surface area (Å²) in [6, 6.07) is 81.6. The molecule has 0 bridgehead atoms. The molecule has 3 heterocycles. The van der Waals surface area contributed by atoms with Crippen molar-refractivity contribution < 1.29 is 0 Å². The summed E-state index contributed by atoms with van der Waals surface area (Å²) in [6.45, 7) is 0. The highest BCUT2D eigenvalue weighted by molar-refractivity contribution is 7.99. The SMILES string of the molecule is c1ccc(N(c2ccc3c(c2)Sc2ccccc2C32c3ccccc3-c3cccc4cccc2c34)c2ccc3c4ccccc4n(-c4ccc5sc6ccccc6c5c4)c3c2)cc1. The quantitative estimate of drug-likeness (QED) is 0.174. The molecule has 0 saturated heterocycles. The van der Waals surface area contributed by atoms with Gasteiger partial charge in [-0.15, -0.1) is 11.3 Å². The number of hydrogen-bond donors (Lipinski definition) is 0. The molecular weight excluding hydrogens is 801 g/mol. The first kappa shape index (κ1) is 35.2. The lowest BCUT2D eigenvalue weighted by molar-refractivity contribution is 0.707. The van der Waals surface area contributed by atoms with E-state index in [0.717, 1.165) is 17.1 Å². The third-order valence-corrected chi connectivity index (χ3v) is 15.9. The van der Waals surface area contributed by atoms with Gasteiger partial charge in [-0.05, 0) is 117 Å². The monoisotopic (exact) mass is 836 g/mol. The fourth-order valence-corrected chi connectivity index (χ4v) is 13.4. The summed E-state index contributed by atoms with van der Waals surface area (Å²) in [4.78, 5) is 5.00. The molecule has 0 N–H and O–H groups in total. The van der Waals surface area contributed by atoms with E-state index in [9.17, 15) is 0 Å². The smallest absolute Gasteiger partial charge is 0.0735 e. The Balaban J connectivity index is 1.00. The fraction of sp³-hybridized carbons (Fsp3) is 0.0169. The normalized spacial score (nSPS) is 15.0. The van der Waals surface area contributed by atoms with Crippen LogP contribution in [0.25, 0.3) is 69.6 Å². The van der Waals surface area contributed by atoms with Gasteiger partial charge in [-0.25, -0.2) is 0 Å². The molecule has 1 aliphatic heterocycles. The van der Waals surface area contributed by atoms with Crippen LogP contribution >= 0.6 is 23.1 Å². The molecule has 2 aromatic heterocycles. The second-order valence-electron chi connectivity index (χ2n) is 16.8. The van der Waals surface area contributed by atoms with Crippen LogP contribution in [-0.4, -0.2) is 4.57 Å². The average molecular weight is 837 g/mol. The summed E-state index contributed by atoms with van der Waals surface area (Å²) in [5.74, 6) is 0. The van der Waals surface area contributed by atoms with Gasteiger partial charge in [-0.1, -0.05) is 157 Å². The maximum Gasteiger partial charge on any atom is 0.0735 e. The van der Waals surface area contributed by atoms with E-state index in [4.69, 9.17) is 0 Å². The van der Waals surface area contributed by atoms with Gasteiger partial charge >= 0.3 is 0 Å². The Bertz CT molecular complexity index is 3850. The molecule has 1 aliphatic carbocycles. The second kappa shape index (κ2) is 13.3. The molecule has 1 unspecified atom stereocenters. The highest BCUT2D eigenvalue weighted by Gasteiger charge is 2.48. The van der Waals surface area contributed by atoms with Crippen LogP contribution in [0.1, 0.15) is 22.3 Å². The van der Waals surface area contributed by atoms with Crippen LogP contribution in [-0.2, 0) is 5.41 Å². The maximum atomic E-state index is 2.46. The number of nitrogens with zero attached hydrogens (tertiary/aromatic N) is 2. The molecule has 0 saturated carbocycles. The number of fused-ring (bicyclic) bond motifs is 14. The standard InChI is InChI=1S/C59H36N2S2/c1-2-16-38(17-3-1)60(40-28-31-44-43-19-5-9-25-52(43)61(53(44)35-40)39-30-33-55-47(34-39)45-20-6-10-26-54(45)62-55)41-29-32-50-57(36-41)63-56-27-11-8-23-49(56)59(50)48-22-7-4-18-42(48)46-21-12-14-37-15-13-24-51(59)58(37)46/h1-36H. The van der Waals surface area contributed by atoms with E-state index in [1.807, 2.05) is 23.1 Å². The minimum Gasteiger partial charge on any atom is -0.310 e. The van der Waals surface area contributed by atoms with Gasteiger partial charge in [0.25, 0.3) is 0 Å². The Labute approximate surface area is 372 Å². The van der Waals surface area contributed by atoms with Gasteiger partial charge in [0, 0.05) is 63.5 Å². The zero-order valence-corrected chi connectivity index (χ0v) is 35.6. The molecule has 0 fully saturated rings. The van der Waals surface area contributed by atoms with E-state index < -0.39 is 5.41 Å². The van der Waals surface area contributed by atoms with Crippen molar-refractivity contribution in [3.8, 4) is 16.8 Å². The van der Waals surface area contributed by atoms with Gasteiger partial charge < -0.3 is 9.47 Å². The van der Waals surface area contributed by atoms with Crippen LogP contribution in [0.2, 0.25) is 0 Å². The minimum atomic E-state index is -0.494. The molecule has 63 heavy (non-hydrogen) atoms. The van der Waals surface area contributed by atoms with Crippen LogP contribution < -0.4 is 4.90 Å². The van der Waals surface area contributed by atoms with Crippen molar-refractivity contribution in [2.45, 2.75) is 15.2 Å². The highest BCUT2D eigenvalue weighted by Crippen LogP contribution is 2.61. The van der Waals surface area contributed by atoms with Crippen molar-refractivity contribution >= 4 is 92.9 Å². The van der Waals surface area contributed by atoms with Crippen LogP contribution in [0.5, 0.6) is 0 Å². The molecule has 4 heteroatoms. The number of para-hydroxylation sites is 2. The Morgan fingerprint density at radius 1 is 0.381 bits per heavy atom. The Hall–Kier alpha value is -7.37. The van der Waals surface area contributed by atoms with Gasteiger partial charge in [-0.2, -0.15) is 0 Å². The fourth-order valence-electron chi connectivity index (χ4n) is 11.1. The van der Waals surface area contributed by atoms with E-state index in [1.54, 1.807) is 0 Å². The van der Waals surface area contributed by atoms with Crippen molar-refractivity contribution in [3.63, 3.8) is 0 Å². The topological polar surface area (TPSA) is 8.17 Å². The molecule has 2 aliphatic rings. The zero-order valence-electron chi connectivity index (χ0n) is 34.0. The molecule has 12 aromatic rings. The first-order valence-corrected chi connectivity index (χ1v) is 23.2. The van der Waals surface area contributed by atoms with Gasteiger partial charge in [0.1, 0.15) is 0 Å². The average Bonchev–Trinajstić information content (AvgIpc) is 3.88. The van der Waals surface area contributed by atoms with E-state index >= 15 is 0 Å². The molecular formula is C59H36N2S2. The van der Waals surface area contributed by atoms with Crippen molar-refractivity contribution in [2.24, 2.45) is 0 Å². The molecule has 10 aromatic carbocycles. The molecule has 0 radical (unpaired) electrons. The van der Waals surface area contributed by atoms with Crippen LogP contribution in [0, 0.1) is 0 Å². The lowest BCUT2D eigenvalue weighted by atomic mass is 9.59. The number of aromatic nitrogens is 1. The third kappa shape index (κ3) is 4.91. The summed E-state index contributed by atoms with van der Waals surface area (Å²) in [7, 11) is 0. The lowest BCUT2D eigenvalue weighted by Crippen LogP contribution is -2.36. The Morgan fingerprint density at radius 2 is 1.05 bits per heavy atom. The summed E-state index contributed by atoms with van der Waals surface area (Å²) < 4.78 is 5.09. The number of anilines is 3. The van der Waals surface area contributed by atoms with Crippen molar-refractivity contribution in [1.29, 1.82) is 0 Å². The summed E-state index contributed by atoms with van der Waals surface area (Å²) in [6.07, 6.45) is 0. The van der Waals surface area contributed by atoms with Gasteiger partial charge in [0.15, 0.2) is 0 Å². The molecule has 14 rings (SSSR count). The van der Waals surface area contributed by atoms with E-state index in [-0.39, 0.29) is 0 Å². The predicted molar refractivity (Wildman–Crippen MR) is 267 cm³/mol. The van der Waals surface area contributed by atoms with E-state index in [0.29, 0.717) is 0 Å². The molecule has 1 spiro atoms. The third-order valence-electron chi connectivity index (χ3n) is 13.6. The lowest BCUT2D eigenvalue weighted by Gasteiger charge is -2.46. The van der Waals surface area contributed by atoms with Crippen LogP contribution in [0.15, 0.2) is 228 Å². The maximum absolute atomic E-state index is 2.46. The summed E-state index contributed by atoms with van der Waals surface area (Å²) >= 11 is 3.76. The first-order chi connectivity index (χ1) is 31.2. The largest absolute Gasteiger partial charge is 0.310 e. The Kier molecular flexibility index (Phi) is 7.45. The zero-order chi connectivity index (χ0) is 41.2. The van der Waals surface area contributed by atoms with Crippen molar-refractivity contribution in [2.75, 3.05) is 4.90 Å². The second-order valence-corrected chi connectivity index (χ2v) is 19.0. The van der Waals surface area contributed by atoms with Crippen LogP contribution in [0.3, 0.4) is 0 Å². The van der Waals surface area contributed by atoms with Gasteiger partial charge in [0.2, 0.25) is 0 Å². The number of thiophene rings is 1.